The van der Waals surface area contributed by atoms with Gasteiger partial charge in [-0.1, -0.05) is 37.3 Å². The second-order valence-corrected chi connectivity index (χ2v) is 5.66. The van der Waals surface area contributed by atoms with Crippen LogP contribution in [-0.4, -0.2) is 23.8 Å². The Hall–Kier alpha value is -1.15. The average Bonchev–Trinajstić information content (AvgIpc) is 2.53. The summed E-state index contributed by atoms with van der Waals surface area (Å²) in [6.07, 6.45) is 2.26. The number of carbonyl (C=O) groups is 1. The lowest BCUT2D eigenvalue weighted by Crippen LogP contribution is -2.30. The normalized spacial score (nSPS) is 25.7. The standard InChI is InChI=1S/C16H23NO/c1-13-8-9-17(12-16(10-13)14(2)18)11-15-6-4-3-5-7-15/h3-7,13,16H,8-12H2,1-2H3. The van der Waals surface area contributed by atoms with Gasteiger partial charge in [-0.15, -0.1) is 0 Å². The first-order valence-electron chi connectivity index (χ1n) is 6.92. The molecule has 0 aliphatic carbocycles. The number of benzene rings is 1. The highest BCUT2D eigenvalue weighted by atomic mass is 16.1. The summed E-state index contributed by atoms with van der Waals surface area (Å²) in [6, 6.07) is 10.5. The minimum absolute atomic E-state index is 0.228. The van der Waals surface area contributed by atoms with E-state index in [1.54, 1.807) is 6.92 Å². The van der Waals surface area contributed by atoms with Crippen LogP contribution >= 0.6 is 0 Å². The summed E-state index contributed by atoms with van der Waals surface area (Å²) in [7, 11) is 0. The monoisotopic (exact) mass is 245 g/mol. The summed E-state index contributed by atoms with van der Waals surface area (Å²) in [5, 5.41) is 0. The van der Waals surface area contributed by atoms with Gasteiger partial charge in [-0.3, -0.25) is 9.69 Å². The molecule has 2 heteroatoms. The zero-order chi connectivity index (χ0) is 13.0. The zero-order valence-corrected chi connectivity index (χ0v) is 11.4. The minimum atomic E-state index is 0.228. The Balaban J connectivity index is 2.01. The van der Waals surface area contributed by atoms with Gasteiger partial charge in [0.05, 0.1) is 0 Å². The Bertz CT molecular complexity index is 387. The van der Waals surface area contributed by atoms with Crippen LogP contribution in [0.3, 0.4) is 0 Å². The third-order valence-corrected chi connectivity index (χ3v) is 3.93. The molecule has 0 saturated carbocycles. The molecule has 2 rings (SSSR count). The van der Waals surface area contributed by atoms with Crippen LogP contribution in [0.15, 0.2) is 30.3 Å². The minimum Gasteiger partial charge on any atom is -0.300 e. The van der Waals surface area contributed by atoms with Gasteiger partial charge in [-0.25, -0.2) is 0 Å². The van der Waals surface area contributed by atoms with Gasteiger partial charge in [-0.05, 0) is 37.8 Å². The molecule has 1 aliphatic heterocycles. The fourth-order valence-electron chi connectivity index (χ4n) is 2.76. The van der Waals surface area contributed by atoms with Crippen LogP contribution in [0.4, 0.5) is 0 Å². The van der Waals surface area contributed by atoms with Crippen molar-refractivity contribution in [1.29, 1.82) is 0 Å². The summed E-state index contributed by atoms with van der Waals surface area (Å²) >= 11 is 0. The fourth-order valence-corrected chi connectivity index (χ4v) is 2.76. The van der Waals surface area contributed by atoms with E-state index in [0.717, 1.165) is 26.1 Å². The number of ketones is 1. The SMILES string of the molecule is CC(=O)C1CC(C)CCN(Cc2ccccc2)C1. The third kappa shape index (κ3) is 3.67. The van der Waals surface area contributed by atoms with Crippen molar-refractivity contribution in [1.82, 2.24) is 4.90 Å². The third-order valence-electron chi connectivity index (χ3n) is 3.93. The molecule has 0 spiro atoms. The number of hydrogen-bond donors (Lipinski definition) is 0. The van der Waals surface area contributed by atoms with Crippen LogP contribution in [-0.2, 0) is 11.3 Å². The van der Waals surface area contributed by atoms with Crippen molar-refractivity contribution in [3.63, 3.8) is 0 Å². The Morgan fingerprint density at radius 3 is 2.72 bits per heavy atom. The number of rotatable bonds is 3. The Kier molecular flexibility index (Phi) is 4.54. The van der Waals surface area contributed by atoms with Crippen molar-refractivity contribution >= 4 is 5.78 Å². The lowest BCUT2D eigenvalue weighted by Gasteiger charge is -2.23. The van der Waals surface area contributed by atoms with Crippen LogP contribution in [0.2, 0.25) is 0 Å². The van der Waals surface area contributed by atoms with Gasteiger partial charge in [-0.2, -0.15) is 0 Å². The van der Waals surface area contributed by atoms with Crippen molar-refractivity contribution in [3.8, 4) is 0 Å². The summed E-state index contributed by atoms with van der Waals surface area (Å²) < 4.78 is 0. The van der Waals surface area contributed by atoms with Crippen molar-refractivity contribution in [3.05, 3.63) is 35.9 Å². The predicted molar refractivity (Wildman–Crippen MR) is 74.3 cm³/mol. The van der Waals surface area contributed by atoms with Crippen molar-refractivity contribution in [2.75, 3.05) is 13.1 Å². The maximum absolute atomic E-state index is 11.7. The van der Waals surface area contributed by atoms with Gasteiger partial charge in [0, 0.05) is 19.0 Å². The second-order valence-electron chi connectivity index (χ2n) is 5.66. The van der Waals surface area contributed by atoms with E-state index >= 15 is 0 Å². The van der Waals surface area contributed by atoms with Crippen LogP contribution in [0.5, 0.6) is 0 Å². The molecule has 0 amide bonds. The fraction of sp³-hybridized carbons (Fsp3) is 0.562. The van der Waals surface area contributed by atoms with E-state index in [1.165, 1.54) is 12.0 Å². The molecule has 18 heavy (non-hydrogen) atoms. The molecule has 2 atom stereocenters. The first-order valence-corrected chi connectivity index (χ1v) is 6.92. The van der Waals surface area contributed by atoms with Gasteiger partial charge in [0.25, 0.3) is 0 Å². The molecule has 2 nitrogen and oxygen atoms in total. The molecule has 0 radical (unpaired) electrons. The highest BCUT2D eigenvalue weighted by Crippen LogP contribution is 2.23. The van der Waals surface area contributed by atoms with Crippen molar-refractivity contribution < 1.29 is 4.79 Å². The molecule has 98 valence electrons. The number of carbonyl (C=O) groups excluding carboxylic acids is 1. The number of hydrogen-bond acceptors (Lipinski definition) is 2. The quantitative estimate of drug-likeness (QED) is 0.815. The Morgan fingerprint density at radius 1 is 1.33 bits per heavy atom. The number of likely N-dealkylation sites (tertiary alicyclic amines) is 1. The molecule has 0 bridgehead atoms. The summed E-state index contributed by atoms with van der Waals surface area (Å²) in [5.74, 6) is 1.24. The van der Waals surface area contributed by atoms with Crippen molar-refractivity contribution in [2.24, 2.45) is 11.8 Å². The van der Waals surface area contributed by atoms with E-state index in [-0.39, 0.29) is 5.92 Å². The predicted octanol–water partition coefficient (Wildman–Crippen LogP) is 3.12. The second kappa shape index (κ2) is 6.14. The Labute approximate surface area is 110 Å². The molecule has 1 aliphatic rings. The van der Waals surface area contributed by atoms with Crippen LogP contribution in [0, 0.1) is 11.8 Å². The summed E-state index contributed by atoms with van der Waals surface area (Å²) in [6.45, 7) is 7.01. The molecule has 1 aromatic rings. The van der Waals surface area contributed by atoms with E-state index in [4.69, 9.17) is 0 Å². The lowest BCUT2D eigenvalue weighted by atomic mass is 9.93. The number of Topliss-reactive ketones (excluding diaryl/α,β-unsaturated/α-hetero) is 1. The topological polar surface area (TPSA) is 20.3 Å². The maximum atomic E-state index is 11.7. The number of nitrogens with zero attached hydrogens (tertiary/aromatic N) is 1. The summed E-state index contributed by atoms with van der Waals surface area (Å²) in [4.78, 5) is 14.1. The molecule has 2 unspecified atom stereocenters. The first-order chi connectivity index (χ1) is 8.65. The molecule has 0 N–H and O–H groups in total. The average molecular weight is 245 g/mol. The zero-order valence-electron chi connectivity index (χ0n) is 11.4. The van der Waals surface area contributed by atoms with Gasteiger partial charge >= 0.3 is 0 Å². The highest BCUT2D eigenvalue weighted by Gasteiger charge is 2.24. The van der Waals surface area contributed by atoms with E-state index < -0.39 is 0 Å². The molecular formula is C16H23NO. The van der Waals surface area contributed by atoms with Gasteiger partial charge in [0.2, 0.25) is 0 Å². The molecule has 1 heterocycles. The van der Waals surface area contributed by atoms with E-state index in [0.29, 0.717) is 11.7 Å². The Morgan fingerprint density at radius 2 is 2.06 bits per heavy atom. The van der Waals surface area contributed by atoms with E-state index in [2.05, 4.69) is 36.1 Å². The largest absolute Gasteiger partial charge is 0.300 e. The summed E-state index contributed by atoms with van der Waals surface area (Å²) in [5.41, 5.74) is 1.34. The van der Waals surface area contributed by atoms with Crippen LogP contribution in [0.25, 0.3) is 0 Å². The van der Waals surface area contributed by atoms with Gasteiger partial charge in [0.15, 0.2) is 0 Å². The lowest BCUT2D eigenvalue weighted by molar-refractivity contribution is -0.121. The van der Waals surface area contributed by atoms with Crippen LogP contribution in [0.1, 0.15) is 32.3 Å². The molecule has 1 aromatic carbocycles. The maximum Gasteiger partial charge on any atom is 0.134 e. The van der Waals surface area contributed by atoms with Crippen molar-refractivity contribution in [2.45, 2.75) is 33.2 Å². The van der Waals surface area contributed by atoms with E-state index in [1.807, 2.05) is 6.07 Å². The smallest absolute Gasteiger partial charge is 0.134 e. The molecule has 0 aromatic heterocycles. The van der Waals surface area contributed by atoms with E-state index in [9.17, 15) is 4.79 Å². The molecule has 1 saturated heterocycles. The van der Waals surface area contributed by atoms with Crippen LogP contribution < -0.4 is 0 Å². The molecular weight excluding hydrogens is 222 g/mol. The first kappa shape index (κ1) is 13.3. The van der Waals surface area contributed by atoms with Gasteiger partial charge in [0.1, 0.15) is 5.78 Å². The van der Waals surface area contributed by atoms with Gasteiger partial charge < -0.3 is 0 Å². The molecule has 1 fully saturated rings. The highest BCUT2D eigenvalue weighted by molar-refractivity contribution is 5.78.